The molecule has 3 N–H and O–H groups in total. The van der Waals surface area contributed by atoms with E-state index in [1.807, 2.05) is 27.7 Å². The molecule has 0 bridgehead atoms. The molecule has 0 aromatic carbocycles. The quantitative estimate of drug-likeness (QED) is 0.461. The van der Waals surface area contributed by atoms with Gasteiger partial charge in [0.05, 0.1) is 18.7 Å². The third-order valence-electron chi connectivity index (χ3n) is 4.65. The van der Waals surface area contributed by atoms with Gasteiger partial charge in [-0.05, 0) is 34.1 Å². The average Bonchev–Trinajstić information content (AvgIpc) is 3.12. The van der Waals surface area contributed by atoms with E-state index < -0.39 is 29.0 Å². The van der Waals surface area contributed by atoms with Crippen LogP contribution in [-0.4, -0.2) is 48.0 Å². The van der Waals surface area contributed by atoms with E-state index in [1.54, 1.807) is 13.0 Å². The summed E-state index contributed by atoms with van der Waals surface area (Å²) in [6, 6.07) is 2.35. The minimum absolute atomic E-state index is 0.242. The van der Waals surface area contributed by atoms with Crippen LogP contribution < -0.4 is 21.4 Å². The van der Waals surface area contributed by atoms with Gasteiger partial charge in [-0.1, -0.05) is 13.3 Å². The fourth-order valence-corrected chi connectivity index (χ4v) is 4.40. The van der Waals surface area contributed by atoms with Gasteiger partial charge in [0, 0.05) is 25.0 Å². The number of rotatable bonds is 12. The van der Waals surface area contributed by atoms with Crippen molar-refractivity contribution in [2.45, 2.75) is 65.0 Å². The predicted molar refractivity (Wildman–Crippen MR) is 120 cm³/mol. The summed E-state index contributed by atoms with van der Waals surface area (Å²) >= 11 is 1.33. The van der Waals surface area contributed by atoms with Crippen molar-refractivity contribution in [1.29, 1.82) is 0 Å². The molecule has 0 unspecified atom stereocenters. The molecular weight excluding hydrogens is 422 g/mol. The molecule has 1 amide bonds. The SMILES string of the molecule is CCC[C@@H](NC(=O)[C@]1(N)CSC(C(C)(OCC)OCC)=N1)c1cc(OCC)cc(=O)o1. The Balaban J connectivity index is 2.26. The van der Waals surface area contributed by atoms with Crippen LogP contribution >= 0.6 is 11.8 Å². The van der Waals surface area contributed by atoms with E-state index in [2.05, 4.69) is 10.3 Å². The zero-order valence-electron chi connectivity index (χ0n) is 18.9. The highest BCUT2D eigenvalue weighted by Crippen LogP contribution is 2.33. The number of carbonyl (C=O) groups excluding carboxylic acids is 1. The van der Waals surface area contributed by atoms with Crippen molar-refractivity contribution < 1.29 is 23.4 Å². The molecule has 0 fully saturated rings. The van der Waals surface area contributed by atoms with Crippen LogP contribution in [0.15, 0.2) is 26.3 Å². The maximum atomic E-state index is 13.1. The average molecular weight is 456 g/mol. The molecule has 0 saturated carbocycles. The first kappa shape index (κ1) is 25.4. The van der Waals surface area contributed by atoms with Crippen molar-refractivity contribution >= 4 is 22.7 Å². The van der Waals surface area contributed by atoms with E-state index in [1.165, 1.54) is 17.8 Å². The molecule has 0 aliphatic carbocycles. The van der Waals surface area contributed by atoms with Gasteiger partial charge in [0.15, 0.2) is 5.66 Å². The normalized spacial score (nSPS) is 19.7. The minimum Gasteiger partial charge on any atom is -0.493 e. The summed E-state index contributed by atoms with van der Waals surface area (Å²) in [5, 5.41) is 3.41. The Kier molecular flexibility index (Phi) is 9.11. The van der Waals surface area contributed by atoms with Crippen molar-refractivity contribution in [1.82, 2.24) is 5.32 Å². The summed E-state index contributed by atoms with van der Waals surface area (Å²) in [5.74, 6) is -0.568. The van der Waals surface area contributed by atoms with Crippen LogP contribution in [0, 0.1) is 0 Å². The van der Waals surface area contributed by atoms with Gasteiger partial charge in [0.25, 0.3) is 5.91 Å². The molecule has 174 valence electrons. The molecule has 10 heteroatoms. The van der Waals surface area contributed by atoms with E-state index in [0.717, 1.165) is 6.42 Å². The lowest BCUT2D eigenvalue weighted by Gasteiger charge is -2.28. The number of amides is 1. The Bertz CT molecular complexity index is 837. The number of hydrogen-bond acceptors (Lipinski definition) is 9. The second-order valence-electron chi connectivity index (χ2n) is 7.20. The summed E-state index contributed by atoms with van der Waals surface area (Å²) in [4.78, 5) is 29.5. The van der Waals surface area contributed by atoms with Crippen molar-refractivity contribution in [2.75, 3.05) is 25.6 Å². The van der Waals surface area contributed by atoms with Crippen LogP contribution in [0.2, 0.25) is 0 Å². The fraction of sp³-hybridized carbons (Fsp3) is 0.667. The smallest absolute Gasteiger partial charge is 0.339 e. The van der Waals surface area contributed by atoms with Gasteiger partial charge in [-0.25, -0.2) is 9.79 Å². The first-order valence-electron chi connectivity index (χ1n) is 10.6. The lowest BCUT2D eigenvalue weighted by atomic mass is 10.1. The number of nitrogens with zero attached hydrogens (tertiary/aromatic N) is 1. The highest BCUT2D eigenvalue weighted by molar-refractivity contribution is 8.14. The predicted octanol–water partition coefficient (Wildman–Crippen LogP) is 2.59. The molecule has 1 aromatic rings. The second kappa shape index (κ2) is 11.1. The van der Waals surface area contributed by atoms with Crippen LogP contribution in [0.4, 0.5) is 0 Å². The van der Waals surface area contributed by atoms with Crippen LogP contribution in [0.3, 0.4) is 0 Å². The number of nitrogens with one attached hydrogen (secondary N) is 1. The summed E-state index contributed by atoms with van der Waals surface area (Å²) in [7, 11) is 0. The highest BCUT2D eigenvalue weighted by Gasteiger charge is 2.46. The molecule has 9 nitrogen and oxygen atoms in total. The topological polar surface area (TPSA) is 125 Å². The number of thioether (sulfide) groups is 1. The van der Waals surface area contributed by atoms with Gasteiger partial charge < -0.3 is 23.9 Å². The molecule has 0 spiro atoms. The Morgan fingerprint density at radius 3 is 2.55 bits per heavy atom. The Labute approximate surface area is 187 Å². The van der Waals surface area contributed by atoms with E-state index in [4.69, 9.17) is 24.4 Å². The summed E-state index contributed by atoms with van der Waals surface area (Å²) in [6.45, 7) is 10.5. The number of ether oxygens (including phenoxy) is 3. The number of nitrogens with two attached hydrogens (primary N) is 1. The molecule has 31 heavy (non-hydrogen) atoms. The molecule has 2 heterocycles. The minimum atomic E-state index is -1.49. The summed E-state index contributed by atoms with van der Waals surface area (Å²) in [5.41, 5.74) is 4.33. The van der Waals surface area contributed by atoms with E-state index in [0.29, 0.717) is 42.8 Å². The zero-order valence-corrected chi connectivity index (χ0v) is 19.7. The van der Waals surface area contributed by atoms with Crippen molar-refractivity contribution in [2.24, 2.45) is 10.7 Å². The van der Waals surface area contributed by atoms with Crippen molar-refractivity contribution in [3.05, 3.63) is 28.3 Å². The van der Waals surface area contributed by atoms with Gasteiger partial charge in [-0.15, -0.1) is 11.8 Å². The molecule has 0 saturated heterocycles. The van der Waals surface area contributed by atoms with E-state index >= 15 is 0 Å². The molecular formula is C21H33N3O6S. The van der Waals surface area contributed by atoms with Gasteiger partial charge in [-0.3, -0.25) is 10.5 Å². The van der Waals surface area contributed by atoms with Crippen LogP contribution in [0.25, 0.3) is 0 Å². The Hall–Kier alpha value is -1.88. The van der Waals surface area contributed by atoms with Crippen LogP contribution in [-0.2, 0) is 14.3 Å². The van der Waals surface area contributed by atoms with Crippen LogP contribution in [0.1, 0.15) is 59.3 Å². The lowest BCUT2D eigenvalue weighted by Crippen LogP contribution is -2.54. The second-order valence-corrected chi connectivity index (χ2v) is 8.17. The van der Waals surface area contributed by atoms with Gasteiger partial charge in [0.2, 0.25) is 5.79 Å². The molecule has 2 atom stereocenters. The third kappa shape index (κ3) is 6.31. The molecule has 0 radical (unpaired) electrons. The number of aliphatic imine (C=N–C) groups is 1. The standard InChI is InChI=1S/C21H33N3O6S/c1-6-10-15(16-11-14(27-7-2)12-17(25)30-16)23-18(26)21(22)13-31-19(24-21)20(5,28-8-3)29-9-4/h11-12,15H,6-10,13,22H2,1-5H3,(H,23,26)/t15-,21+/m1/s1. The third-order valence-corrected chi connectivity index (χ3v) is 5.97. The highest BCUT2D eigenvalue weighted by atomic mass is 32.2. The van der Waals surface area contributed by atoms with Crippen molar-refractivity contribution in [3.8, 4) is 5.75 Å². The molecule has 1 aromatic heterocycles. The molecule has 2 rings (SSSR count). The largest absolute Gasteiger partial charge is 0.493 e. The lowest BCUT2D eigenvalue weighted by molar-refractivity contribution is -0.169. The summed E-state index contributed by atoms with van der Waals surface area (Å²) < 4.78 is 22.3. The molecule has 1 aliphatic heterocycles. The van der Waals surface area contributed by atoms with E-state index in [9.17, 15) is 9.59 Å². The monoisotopic (exact) mass is 455 g/mol. The van der Waals surface area contributed by atoms with Crippen molar-refractivity contribution in [3.63, 3.8) is 0 Å². The number of carbonyl (C=O) groups is 1. The maximum absolute atomic E-state index is 13.1. The Morgan fingerprint density at radius 1 is 1.29 bits per heavy atom. The van der Waals surface area contributed by atoms with Crippen LogP contribution in [0.5, 0.6) is 5.75 Å². The first-order valence-corrected chi connectivity index (χ1v) is 11.6. The van der Waals surface area contributed by atoms with E-state index in [-0.39, 0.29) is 5.75 Å². The molecule has 1 aliphatic rings. The summed E-state index contributed by atoms with van der Waals surface area (Å²) in [6.07, 6.45) is 1.31. The maximum Gasteiger partial charge on any atom is 0.339 e. The first-order chi connectivity index (χ1) is 14.7. The number of hydrogen-bond donors (Lipinski definition) is 2. The zero-order chi connectivity index (χ0) is 23.1. The van der Waals surface area contributed by atoms with Gasteiger partial charge in [-0.2, -0.15) is 0 Å². The fourth-order valence-electron chi connectivity index (χ4n) is 3.24. The van der Waals surface area contributed by atoms with Gasteiger partial charge in [0.1, 0.15) is 16.6 Å². The van der Waals surface area contributed by atoms with Gasteiger partial charge >= 0.3 is 5.63 Å². The Morgan fingerprint density at radius 2 is 1.97 bits per heavy atom.